The molecule has 0 unspecified atom stereocenters. The van der Waals surface area contributed by atoms with Crippen LogP contribution in [-0.4, -0.2) is 53.7 Å². The summed E-state index contributed by atoms with van der Waals surface area (Å²) >= 11 is 0. The van der Waals surface area contributed by atoms with Crippen molar-refractivity contribution in [1.29, 1.82) is 0 Å². The van der Waals surface area contributed by atoms with Crippen LogP contribution >= 0.6 is 0 Å². The molecule has 1 aromatic carbocycles. The molecule has 1 N–H and O–H groups in total. The molecule has 2 saturated heterocycles. The Labute approximate surface area is 163 Å². The molecule has 7 nitrogen and oxygen atoms in total. The van der Waals surface area contributed by atoms with Gasteiger partial charge in [0.15, 0.2) is 5.76 Å². The maximum atomic E-state index is 12.9. The SMILES string of the molecule is Cc1ccc(C(=O)Nc2ccc(C(=O)N3CC[C@@H]4CC(=O)N(C)[C@@H]4C3)cc2)o1. The van der Waals surface area contributed by atoms with E-state index in [1.165, 1.54) is 0 Å². The molecule has 146 valence electrons. The van der Waals surface area contributed by atoms with Crippen LogP contribution in [0.25, 0.3) is 0 Å². The van der Waals surface area contributed by atoms with E-state index in [4.69, 9.17) is 4.42 Å². The van der Waals surface area contributed by atoms with Gasteiger partial charge in [0.2, 0.25) is 5.91 Å². The van der Waals surface area contributed by atoms with Crippen molar-refractivity contribution in [2.24, 2.45) is 5.92 Å². The smallest absolute Gasteiger partial charge is 0.291 e. The predicted molar refractivity (Wildman–Crippen MR) is 103 cm³/mol. The van der Waals surface area contributed by atoms with Crippen LogP contribution in [0, 0.1) is 12.8 Å². The number of benzene rings is 1. The highest BCUT2D eigenvalue weighted by atomic mass is 16.3. The zero-order valence-electron chi connectivity index (χ0n) is 16.0. The van der Waals surface area contributed by atoms with Crippen molar-refractivity contribution in [2.45, 2.75) is 25.8 Å². The third kappa shape index (κ3) is 3.40. The van der Waals surface area contributed by atoms with Gasteiger partial charge in [0.1, 0.15) is 5.76 Å². The third-order valence-electron chi connectivity index (χ3n) is 5.69. The van der Waals surface area contributed by atoms with Crippen LogP contribution in [0.3, 0.4) is 0 Å². The number of amides is 3. The molecule has 4 rings (SSSR count). The highest BCUT2D eigenvalue weighted by molar-refractivity contribution is 6.02. The fraction of sp³-hybridized carbons (Fsp3) is 0.381. The lowest BCUT2D eigenvalue weighted by atomic mass is 9.92. The van der Waals surface area contributed by atoms with E-state index in [1.54, 1.807) is 48.2 Å². The first-order valence-corrected chi connectivity index (χ1v) is 9.45. The van der Waals surface area contributed by atoms with Crippen LogP contribution in [0.1, 0.15) is 39.5 Å². The average Bonchev–Trinajstić information content (AvgIpc) is 3.25. The zero-order chi connectivity index (χ0) is 19.8. The number of aryl methyl sites for hydroxylation is 1. The van der Waals surface area contributed by atoms with E-state index in [0.29, 0.717) is 42.4 Å². The number of rotatable bonds is 3. The number of anilines is 1. The molecule has 2 atom stereocenters. The number of hydrogen-bond donors (Lipinski definition) is 1. The summed E-state index contributed by atoms with van der Waals surface area (Å²) in [5.41, 5.74) is 1.16. The van der Waals surface area contributed by atoms with Crippen molar-refractivity contribution in [3.8, 4) is 0 Å². The number of hydrogen-bond acceptors (Lipinski definition) is 4. The summed E-state index contributed by atoms with van der Waals surface area (Å²) in [6, 6.07) is 10.3. The molecule has 2 fully saturated rings. The zero-order valence-corrected chi connectivity index (χ0v) is 16.0. The van der Waals surface area contributed by atoms with Crippen molar-refractivity contribution in [2.75, 3.05) is 25.5 Å². The van der Waals surface area contributed by atoms with Gasteiger partial charge in [-0.15, -0.1) is 0 Å². The lowest BCUT2D eigenvalue weighted by Crippen LogP contribution is -2.49. The molecule has 2 aromatic rings. The standard InChI is InChI=1S/C21H23N3O4/c1-13-3-8-18(28-13)20(26)22-16-6-4-14(5-7-16)21(27)24-10-9-15-11-19(25)23(2)17(15)12-24/h3-8,15,17H,9-12H2,1-2H3,(H,22,26)/t15-,17-/m1/s1. The molecular weight excluding hydrogens is 358 g/mol. The molecule has 0 saturated carbocycles. The molecule has 2 aliphatic heterocycles. The molecule has 3 amide bonds. The Hall–Kier alpha value is -3.09. The average molecular weight is 381 g/mol. The second-order valence-corrected chi connectivity index (χ2v) is 7.52. The topological polar surface area (TPSA) is 82.9 Å². The molecule has 28 heavy (non-hydrogen) atoms. The molecule has 1 aromatic heterocycles. The van der Waals surface area contributed by atoms with Crippen LogP contribution in [-0.2, 0) is 4.79 Å². The summed E-state index contributed by atoms with van der Waals surface area (Å²) in [4.78, 5) is 40.5. The maximum Gasteiger partial charge on any atom is 0.291 e. The van der Waals surface area contributed by atoms with Gasteiger partial charge in [0.05, 0.1) is 6.04 Å². The first kappa shape index (κ1) is 18.3. The van der Waals surface area contributed by atoms with Crippen LogP contribution in [0.2, 0.25) is 0 Å². The van der Waals surface area contributed by atoms with Gasteiger partial charge >= 0.3 is 0 Å². The second kappa shape index (κ2) is 7.14. The number of carbonyl (C=O) groups is 3. The summed E-state index contributed by atoms with van der Waals surface area (Å²) in [6.07, 6.45) is 1.44. The van der Waals surface area contributed by atoms with Gasteiger partial charge in [-0.05, 0) is 55.7 Å². The minimum absolute atomic E-state index is 0.0502. The van der Waals surface area contributed by atoms with Gasteiger partial charge in [0, 0.05) is 37.8 Å². The van der Waals surface area contributed by atoms with E-state index in [0.717, 1.165) is 6.42 Å². The molecule has 0 bridgehead atoms. The van der Waals surface area contributed by atoms with Gasteiger partial charge in [-0.3, -0.25) is 14.4 Å². The minimum atomic E-state index is -0.330. The number of fused-ring (bicyclic) bond motifs is 1. The largest absolute Gasteiger partial charge is 0.456 e. The van der Waals surface area contributed by atoms with Gasteiger partial charge in [-0.2, -0.15) is 0 Å². The molecule has 3 heterocycles. The Morgan fingerprint density at radius 3 is 2.57 bits per heavy atom. The van der Waals surface area contributed by atoms with E-state index < -0.39 is 0 Å². The normalized spacial score (nSPS) is 21.6. The Kier molecular flexibility index (Phi) is 4.66. The Morgan fingerprint density at radius 1 is 1.14 bits per heavy atom. The number of likely N-dealkylation sites (N-methyl/N-ethyl adjacent to an activating group) is 1. The number of furan rings is 1. The predicted octanol–water partition coefficient (Wildman–Crippen LogP) is 2.53. The van der Waals surface area contributed by atoms with Crippen LogP contribution < -0.4 is 5.32 Å². The maximum absolute atomic E-state index is 12.9. The first-order valence-electron chi connectivity index (χ1n) is 9.45. The number of nitrogens with zero attached hydrogens (tertiary/aromatic N) is 2. The minimum Gasteiger partial charge on any atom is -0.456 e. The Morgan fingerprint density at radius 2 is 1.89 bits per heavy atom. The summed E-state index contributed by atoms with van der Waals surface area (Å²) in [5.74, 6) is 1.05. The molecule has 0 radical (unpaired) electrons. The van der Waals surface area contributed by atoms with E-state index in [-0.39, 0.29) is 29.5 Å². The monoisotopic (exact) mass is 381 g/mol. The lowest BCUT2D eigenvalue weighted by molar-refractivity contribution is -0.127. The van der Waals surface area contributed by atoms with Crippen LogP contribution in [0.4, 0.5) is 5.69 Å². The van der Waals surface area contributed by atoms with Gasteiger partial charge in [-0.25, -0.2) is 0 Å². The fourth-order valence-electron chi connectivity index (χ4n) is 4.02. The first-order chi connectivity index (χ1) is 13.4. The van der Waals surface area contributed by atoms with Crippen molar-refractivity contribution >= 4 is 23.4 Å². The molecule has 0 aliphatic carbocycles. The van der Waals surface area contributed by atoms with Crippen molar-refractivity contribution < 1.29 is 18.8 Å². The third-order valence-corrected chi connectivity index (χ3v) is 5.69. The molecule has 2 aliphatic rings. The van der Waals surface area contributed by atoms with Gasteiger partial charge in [0.25, 0.3) is 11.8 Å². The lowest BCUT2D eigenvalue weighted by Gasteiger charge is -2.37. The number of likely N-dealkylation sites (tertiary alicyclic amines) is 2. The van der Waals surface area contributed by atoms with Crippen molar-refractivity contribution in [1.82, 2.24) is 9.80 Å². The summed E-state index contributed by atoms with van der Waals surface area (Å²) in [5, 5.41) is 2.76. The number of carbonyl (C=O) groups excluding carboxylic acids is 3. The highest BCUT2D eigenvalue weighted by Crippen LogP contribution is 2.32. The van der Waals surface area contributed by atoms with Crippen LogP contribution in [0.5, 0.6) is 0 Å². The second-order valence-electron chi connectivity index (χ2n) is 7.52. The summed E-state index contributed by atoms with van der Waals surface area (Å²) < 4.78 is 5.31. The molecule has 0 spiro atoms. The molecule has 7 heteroatoms. The number of piperidine rings is 1. The summed E-state index contributed by atoms with van der Waals surface area (Å²) in [6.45, 7) is 3.01. The molecular formula is C21H23N3O4. The van der Waals surface area contributed by atoms with Crippen molar-refractivity contribution in [3.05, 3.63) is 53.5 Å². The Balaban J connectivity index is 1.40. The Bertz CT molecular complexity index is 918. The van der Waals surface area contributed by atoms with Gasteiger partial charge < -0.3 is 19.5 Å². The van der Waals surface area contributed by atoms with E-state index in [2.05, 4.69) is 5.32 Å². The summed E-state index contributed by atoms with van der Waals surface area (Å²) in [7, 11) is 1.82. The van der Waals surface area contributed by atoms with E-state index in [9.17, 15) is 14.4 Å². The highest BCUT2D eigenvalue weighted by Gasteiger charge is 2.42. The fourth-order valence-corrected chi connectivity index (χ4v) is 4.02. The van der Waals surface area contributed by atoms with E-state index in [1.807, 2.05) is 11.9 Å². The van der Waals surface area contributed by atoms with Crippen molar-refractivity contribution in [3.63, 3.8) is 0 Å². The number of nitrogens with one attached hydrogen (secondary N) is 1. The quantitative estimate of drug-likeness (QED) is 0.886. The van der Waals surface area contributed by atoms with E-state index >= 15 is 0 Å². The van der Waals surface area contributed by atoms with Gasteiger partial charge in [-0.1, -0.05) is 0 Å². The van der Waals surface area contributed by atoms with Crippen LogP contribution in [0.15, 0.2) is 40.8 Å².